The molecule has 0 heterocycles. The third-order valence-electron chi connectivity index (χ3n) is 2.26. The highest BCUT2D eigenvalue weighted by molar-refractivity contribution is 5.53. The summed E-state index contributed by atoms with van der Waals surface area (Å²) in [6.45, 7) is 2.85. The number of nitro groups is 2. The molecular formula is C9H10N2O5. The molecule has 1 aromatic rings. The summed E-state index contributed by atoms with van der Waals surface area (Å²) in [5, 5.41) is 30.6. The van der Waals surface area contributed by atoms with Crippen LogP contribution in [0.4, 0.5) is 11.4 Å². The van der Waals surface area contributed by atoms with E-state index in [1.165, 1.54) is 13.8 Å². The normalized spacial score (nSPS) is 12.2. The highest BCUT2D eigenvalue weighted by Gasteiger charge is 2.22. The summed E-state index contributed by atoms with van der Waals surface area (Å²) in [7, 11) is 0. The molecule has 0 fully saturated rings. The lowest BCUT2D eigenvalue weighted by atomic mass is 10.0. The lowest BCUT2D eigenvalue weighted by Crippen LogP contribution is -2.02. The number of nitrogens with zero attached hydrogens (tertiary/aromatic N) is 2. The van der Waals surface area contributed by atoms with Crippen molar-refractivity contribution in [2.45, 2.75) is 20.0 Å². The molecule has 1 atom stereocenters. The molecular weight excluding hydrogens is 216 g/mol. The molecule has 0 aliphatic heterocycles. The Morgan fingerprint density at radius 2 is 1.81 bits per heavy atom. The fourth-order valence-corrected chi connectivity index (χ4v) is 1.43. The summed E-state index contributed by atoms with van der Waals surface area (Å²) in [5.41, 5.74) is -0.315. The Morgan fingerprint density at radius 3 is 2.19 bits per heavy atom. The van der Waals surface area contributed by atoms with Gasteiger partial charge in [-0.2, -0.15) is 0 Å². The topological polar surface area (TPSA) is 107 Å². The third kappa shape index (κ3) is 2.14. The molecule has 0 amide bonds. The van der Waals surface area contributed by atoms with Crippen molar-refractivity contribution >= 4 is 11.4 Å². The first-order valence-electron chi connectivity index (χ1n) is 4.46. The van der Waals surface area contributed by atoms with E-state index in [9.17, 15) is 25.3 Å². The lowest BCUT2D eigenvalue weighted by Gasteiger charge is -2.08. The van der Waals surface area contributed by atoms with Crippen LogP contribution in [0.15, 0.2) is 12.1 Å². The van der Waals surface area contributed by atoms with Gasteiger partial charge >= 0.3 is 0 Å². The summed E-state index contributed by atoms with van der Waals surface area (Å²) in [6.07, 6.45) is -0.987. The lowest BCUT2D eigenvalue weighted by molar-refractivity contribution is -0.394. The van der Waals surface area contributed by atoms with E-state index in [1.807, 2.05) is 0 Å². The summed E-state index contributed by atoms with van der Waals surface area (Å²) in [5.74, 6) is 0. The monoisotopic (exact) mass is 226 g/mol. The van der Waals surface area contributed by atoms with E-state index in [-0.39, 0.29) is 16.8 Å². The Hall–Kier alpha value is -2.02. The van der Waals surface area contributed by atoms with Gasteiger partial charge in [-0.05, 0) is 19.4 Å². The summed E-state index contributed by atoms with van der Waals surface area (Å²) in [6, 6.07) is 2.04. The fraction of sp³-hybridized carbons (Fsp3) is 0.333. The SMILES string of the molecule is Cc1c([C@H](C)O)cc([N+](=O)[O-])cc1[N+](=O)[O-]. The van der Waals surface area contributed by atoms with Crippen LogP contribution in [0.1, 0.15) is 24.2 Å². The van der Waals surface area contributed by atoms with Crippen LogP contribution in [0.2, 0.25) is 0 Å². The van der Waals surface area contributed by atoms with Crippen molar-refractivity contribution in [1.82, 2.24) is 0 Å². The van der Waals surface area contributed by atoms with Crippen molar-refractivity contribution in [3.8, 4) is 0 Å². The molecule has 0 aliphatic carbocycles. The van der Waals surface area contributed by atoms with Gasteiger partial charge < -0.3 is 5.11 Å². The van der Waals surface area contributed by atoms with Gasteiger partial charge in [0.05, 0.1) is 22.0 Å². The first-order valence-corrected chi connectivity index (χ1v) is 4.46. The molecule has 86 valence electrons. The van der Waals surface area contributed by atoms with E-state index >= 15 is 0 Å². The summed E-state index contributed by atoms with van der Waals surface area (Å²) in [4.78, 5) is 19.8. The fourth-order valence-electron chi connectivity index (χ4n) is 1.43. The average molecular weight is 226 g/mol. The predicted octanol–water partition coefficient (Wildman–Crippen LogP) is 1.86. The molecule has 0 saturated heterocycles. The van der Waals surface area contributed by atoms with Crippen LogP contribution in [0.25, 0.3) is 0 Å². The van der Waals surface area contributed by atoms with Gasteiger partial charge in [-0.1, -0.05) is 0 Å². The Kier molecular flexibility index (Phi) is 3.19. The van der Waals surface area contributed by atoms with Crippen LogP contribution in [0, 0.1) is 27.2 Å². The molecule has 0 aliphatic rings. The smallest absolute Gasteiger partial charge is 0.279 e. The highest BCUT2D eigenvalue weighted by Crippen LogP contribution is 2.31. The van der Waals surface area contributed by atoms with Crippen LogP contribution in [-0.2, 0) is 0 Å². The standard InChI is InChI=1S/C9H10N2O5/c1-5-8(6(2)12)3-7(10(13)14)4-9(5)11(15)16/h3-4,6,12H,1-2H3/t6-/m0/s1. The second-order valence-corrected chi connectivity index (χ2v) is 3.37. The Labute approximate surface area is 90.6 Å². The molecule has 0 bridgehead atoms. The molecule has 7 heteroatoms. The van der Waals surface area contributed by atoms with E-state index in [1.54, 1.807) is 0 Å². The van der Waals surface area contributed by atoms with Crippen LogP contribution < -0.4 is 0 Å². The maximum Gasteiger partial charge on any atom is 0.279 e. The van der Waals surface area contributed by atoms with E-state index in [0.717, 1.165) is 12.1 Å². The first kappa shape index (κ1) is 12.1. The first-order chi connectivity index (χ1) is 7.34. The van der Waals surface area contributed by atoms with E-state index in [4.69, 9.17) is 0 Å². The van der Waals surface area contributed by atoms with Gasteiger partial charge in [0, 0.05) is 11.6 Å². The minimum absolute atomic E-state index is 0.195. The number of benzene rings is 1. The van der Waals surface area contributed by atoms with Crippen molar-refractivity contribution in [3.63, 3.8) is 0 Å². The van der Waals surface area contributed by atoms with Crippen LogP contribution >= 0.6 is 0 Å². The predicted molar refractivity (Wildman–Crippen MR) is 55.1 cm³/mol. The van der Waals surface area contributed by atoms with Gasteiger partial charge in [0.1, 0.15) is 0 Å². The number of rotatable bonds is 3. The number of nitro benzene ring substituents is 2. The highest BCUT2D eigenvalue weighted by atomic mass is 16.6. The maximum absolute atomic E-state index is 10.7. The molecule has 1 rings (SSSR count). The molecule has 0 radical (unpaired) electrons. The summed E-state index contributed by atoms with van der Waals surface area (Å²) < 4.78 is 0. The van der Waals surface area contributed by atoms with Gasteiger partial charge in [0.15, 0.2) is 0 Å². The Bertz CT molecular complexity index is 455. The van der Waals surface area contributed by atoms with Gasteiger partial charge in [0.2, 0.25) is 0 Å². The Balaban J connectivity index is 3.51. The summed E-state index contributed by atoms with van der Waals surface area (Å²) >= 11 is 0. The molecule has 1 N–H and O–H groups in total. The molecule has 0 saturated carbocycles. The van der Waals surface area contributed by atoms with E-state index < -0.39 is 21.6 Å². The van der Waals surface area contributed by atoms with Crippen LogP contribution in [-0.4, -0.2) is 15.0 Å². The Morgan fingerprint density at radius 1 is 1.25 bits per heavy atom. The number of aliphatic hydroxyl groups is 1. The average Bonchev–Trinajstić information content (AvgIpc) is 2.16. The largest absolute Gasteiger partial charge is 0.389 e. The van der Waals surface area contributed by atoms with Crippen molar-refractivity contribution in [2.24, 2.45) is 0 Å². The number of hydrogen-bond donors (Lipinski definition) is 1. The third-order valence-corrected chi connectivity index (χ3v) is 2.26. The molecule has 7 nitrogen and oxygen atoms in total. The number of non-ortho nitro benzene ring substituents is 1. The molecule has 0 unspecified atom stereocenters. The van der Waals surface area contributed by atoms with Crippen molar-refractivity contribution in [2.75, 3.05) is 0 Å². The van der Waals surface area contributed by atoms with Crippen LogP contribution in [0.5, 0.6) is 0 Å². The van der Waals surface area contributed by atoms with Crippen molar-refractivity contribution < 1.29 is 15.0 Å². The second-order valence-electron chi connectivity index (χ2n) is 3.37. The van der Waals surface area contributed by atoms with E-state index in [2.05, 4.69) is 0 Å². The maximum atomic E-state index is 10.7. The molecule has 0 spiro atoms. The van der Waals surface area contributed by atoms with Crippen molar-refractivity contribution in [3.05, 3.63) is 43.5 Å². The van der Waals surface area contributed by atoms with Gasteiger partial charge in [-0.15, -0.1) is 0 Å². The van der Waals surface area contributed by atoms with E-state index in [0.29, 0.717) is 0 Å². The zero-order valence-electron chi connectivity index (χ0n) is 8.71. The second kappa shape index (κ2) is 4.23. The zero-order chi connectivity index (χ0) is 12.5. The number of hydrogen-bond acceptors (Lipinski definition) is 5. The molecule has 16 heavy (non-hydrogen) atoms. The van der Waals surface area contributed by atoms with Gasteiger partial charge in [-0.3, -0.25) is 20.2 Å². The minimum Gasteiger partial charge on any atom is -0.389 e. The quantitative estimate of drug-likeness (QED) is 0.625. The molecule has 0 aromatic heterocycles. The van der Waals surface area contributed by atoms with Crippen molar-refractivity contribution in [1.29, 1.82) is 0 Å². The van der Waals surface area contributed by atoms with Gasteiger partial charge in [-0.25, -0.2) is 0 Å². The van der Waals surface area contributed by atoms with Gasteiger partial charge in [0.25, 0.3) is 11.4 Å². The zero-order valence-corrected chi connectivity index (χ0v) is 8.71. The number of aliphatic hydroxyl groups excluding tert-OH is 1. The van der Waals surface area contributed by atoms with Crippen LogP contribution in [0.3, 0.4) is 0 Å². The minimum atomic E-state index is -0.987. The molecule has 1 aromatic carbocycles.